The molecule has 1 fully saturated rings. The van der Waals surface area contributed by atoms with Crippen LogP contribution in [0.3, 0.4) is 0 Å². The summed E-state index contributed by atoms with van der Waals surface area (Å²) in [7, 11) is 3.71. The summed E-state index contributed by atoms with van der Waals surface area (Å²) in [6, 6.07) is 7.76. The number of para-hydroxylation sites is 2. The van der Waals surface area contributed by atoms with Crippen molar-refractivity contribution in [3.8, 4) is 0 Å². The van der Waals surface area contributed by atoms with Crippen LogP contribution in [0.25, 0.3) is 11.0 Å². The van der Waals surface area contributed by atoms with Gasteiger partial charge in [-0.05, 0) is 18.1 Å². The average Bonchev–Trinajstić information content (AvgIpc) is 3.05. The van der Waals surface area contributed by atoms with Crippen molar-refractivity contribution in [2.45, 2.75) is 26.3 Å². The molecule has 2 atom stereocenters. The SMILES string of the molecule is CC(C)[C@H](NC(=O)[C@@H]1CC(=O)N(C)C1)c1nc2ccccc2n1C. The van der Waals surface area contributed by atoms with Gasteiger partial charge in [-0.25, -0.2) is 4.98 Å². The number of hydrogen-bond acceptors (Lipinski definition) is 3. The van der Waals surface area contributed by atoms with Gasteiger partial charge < -0.3 is 14.8 Å². The highest BCUT2D eigenvalue weighted by molar-refractivity contribution is 5.89. The number of imidazole rings is 1. The maximum Gasteiger partial charge on any atom is 0.226 e. The fourth-order valence-corrected chi connectivity index (χ4v) is 3.28. The molecule has 0 aliphatic carbocycles. The third-order valence-corrected chi connectivity index (χ3v) is 4.78. The summed E-state index contributed by atoms with van der Waals surface area (Å²) >= 11 is 0. The number of nitrogens with one attached hydrogen (secondary N) is 1. The quantitative estimate of drug-likeness (QED) is 0.931. The molecule has 128 valence electrons. The Bertz CT molecular complexity index is 780. The van der Waals surface area contributed by atoms with Gasteiger partial charge in [0.2, 0.25) is 11.8 Å². The topological polar surface area (TPSA) is 67.2 Å². The van der Waals surface area contributed by atoms with Gasteiger partial charge in [0.15, 0.2) is 0 Å². The lowest BCUT2D eigenvalue weighted by molar-refractivity contribution is -0.128. The Morgan fingerprint density at radius 1 is 1.29 bits per heavy atom. The van der Waals surface area contributed by atoms with Crippen molar-refractivity contribution in [1.29, 1.82) is 0 Å². The van der Waals surface area contributed by atoms with Gasteiger partial charge in [0, 0.05) is 27.1 Å². The molecule has 1 aromatic heterocycles. The van der Waals surface area contributed by atoms with Crippen LogP contribution in [0.4, 0.5) is 0 Å². The maximum atomic E-state index is 12.6. The van der Waals surface area contributed by atoms with E-state index in [-0.39, 0.29) is 36.1 Å². The van der Waals surface area contributed by atoms with Gasteiger partial charge >= 0.3 is 0 Å². The average molecular weight is 328 g/mol. The van der Waals surface area contributed by atoms with E-state index in [1.54, 1.807) is 11.9 Å². The number of carbonyl (C=O) groups excluding carboxylic acids is 2. The fraction of sp³-hybridized carbons (Fsp3) is 0.500. The summed E-state index contributed by atoms with van der Waals surface area (Å²) in [6.07, 6.45) is 0.287. The molecule has 2 heterocycles. The molecule has 0 spiro atoms. The first kappa shape index (κ1) is 16.5. The number of hydrogen-bond donors (Lipinski definition) is 1. The molecule has 1 N–H and O–H groups in total. The molecule has 0 unspecified atom stereocenters. The third-order valence-electron chi connectivity index (χ3n) is 4.78. The third kappa shape index (κ3) is 2.88. The Kier molecular flexibility index (Phi) is 4.30. The number of aryl methyl sites for hydroxylation is 1. The highest BCUT2D eigenvalue weighted by atomic mass is 16.2. The van der Waals surface area contributed by atoms with Crippen molar-refractivity contribution >= 4 is 22.8 Å². The van der Waals surface area contributed by atoms with Crippen LogP contribution in [0.1, 0.15) is 32.1 Å². The Morgan fingerprint density at radius 3 is 2.58 bits per heavy atom. The predicted octanol–water partition coefficient (Wildman–Crippen LogP) is 1.86. The molecule has 2 amide bonds. The lowest BCUT2D eigenvalue weighted by Crippen LogP contribution is -2.38. The zero-order valence-corrected chi connectivity index (χ0v) is 14.6. The van der Waals surface area contributed by atoms with E-state index in [2.05, 4.69) is 19.2 Å². The van der Waals surface area contributed by atoms with E-state index >= 15 is 0 Å². The largest absolute Gasteiger partial charge is 0.346 e. The second-order valence-corrected chi connectivity index (χ2v) is 6.92. The summed E-state index contributed by atoms with van der Waals surface area (Å²) in [5, 5.41) is 3.12. The van der Waals surface area contributed by atoms with Crippen LogP contribution in [-0.2, 0) is 16.6 Å². The minimum Gasteiger partial charge on any atom is -0.346 e. The Morgan fingerprint density at radius 2 is 2.00 bits per heavy atom. The second-order valence-electron chi connectivity index (χ2n) is 6.92. The first-order valence-electron chi connectivity index (χ1n) is 8.34. The number of benzene rings is 1. The Labute approximate surface area is 141 Å². The molecule has 1 aromatic carbocycles. The van der Waals surface area contributed by atoms with Gasteiger partial charge in [0.05, 0.1) is 23.0 Å². The summed E-state index contributed by atoms with van der Waals surface area (Å²) in [6.45, 7) is 4.62. The molecule has 0 bridgehead atoms. The van der Waals surface area contributed by atoms with Crippen molar-refractivity contribution in [3.63, 3.8) is 0 Å². The highest BCUT2D eigenvalue weighted by Crippen LogP contribution is 2.26. The number of amides is 2. The Hall–Kier alpha value is -2.37. The number of fused-ring (bicyclic) bond motifs is 1. The van der Waals surface area contributed by atoms with Crippen LogP contribution in [-0.4, -0.2) is 39.9 Å². The monoisotopic (exact) mass is 328 g/mol. The molecular formula is C18H24N4O2. The normalized spacial score (nSPS) is 19.3. The van der Waals surface area contributed by atoms with E-state index in [1.807, 2.05) is 35.9 Å². The second kappa shape index (κ2) is 6.26. The van der Waals surface area contributed by atoms with Gasteiger partial charge in [-0.3, -0.25) is 9.59 Å². The van der Waals surface area contributed by atoms with Crippen LogP contribution in [0, 0.1) is 11.8 Å². The van der Waals surface area contributed by atoms with Crippen LogP contribution >= 0.6 is 0 Å². The minimum atomic E-state index is -0.279. The fourth-order valence-electron chi connectivity index (χ4n) is 3.28. The number of carbonyl (C=O) groups is 2. The molecule has 1 saturated heterocycles. The standard InChI is InChI=1S/C18H24N4O2/c1-11(2)16(20-18(24)12-9-15(23)21(3)10-12)17-19-13-7-5-6-8-14(13)22(17)4/h5-8,11-12,16H,9-10H2,1-4H3,(H,20,24)/t12-,16+/m1/s1. The van der Waals surface area contributed by atoms with Crippen molar-refractivity contribution in [2.24, 2.45) is 18.9 Å². The van der Waals surface area contributed by atoms with E-state index in [0.29, 0.717) is 6.54 Å². The van der Waals surface area contributed by atoms with Crippen molar-refractivity contribution in [3.05, 3.63) is 30.1 Å². The zero-order chi connectivity index (χ0) is 17.4. The number of rotatable bonds is 4. The number of nitrogens with zero attached hydrogens (tertiary/aromatic N) is 3. The summed E-state index contributed by atoms with van der Waals surface area (Å²) < 4.78 is 2.03. The van der Waals surface area contributed by atoms with Gasteiger partial charge in [0.1, 0.15) is 5.82 Å². The molecule has 1 aliphatic heterocycles. The molecule has 6 nitrogen and oxygen atoms in total. The smallest absolute Gasteiger partial charge is 0.226 e. The molecule has 2 aromatic rings. The van der Waals surface area contributed by atoms with E-state index in [4.69, 9.17) is 4.98 Å². The summed E-state index contributed by atoms with van der Waals surface area (Å²) in [4.78, 5) is 30.6. The van der Waals surface area contributed by atoms with Gasteiger partial charge in [-0.2, -0.15) is 0 Å². The Balaban J connectivity index is 1.86. The van der Waals surface area contributed by atoms with Crippen LogP contribution < -0.4 is 5.32 Å². The summed E-state index contributed by atoms with van der Waals surface area (Å²) in [5.41, 5.74) is 1.97. The number of likely N-dealkylation sites (tertiary alicyclic amines) is 1. The predicted molar refractivity (Wildman–Crippen MR) is 92.2 cm³/mol. The zero-order valence-electron chi connectivity index (χ0n) is 14.6. The first-order valence-corrected chi connectivity index (χ1v) is 8.34. The lowest BCUT2D eigenvalue weighted by Gasteiger charge is -2.23. The van der Waals surface area contributed by atoms with E-state index in [0.717, 1.165) is 16.9 Å². The molecule has 24 heavy (non-hydrogen) atoms. The number of aromatic nitrogens is 2. The van der Waals surface area contributed by atoms with Crippen LogP contribution in [0.5, 0.6) is 0 Å². The maximum absolute atomic E-state index is 12.6. The molecule has 1 aliphatic rings. The van der Waals surface area contributed by atoms with Crippen molar-refractivity contribution in [2.75, 3.05) is 13.6 Å². The molecule has 0 radical (unpaired) electrons. The van der Waals surface area contributed by atoms with Crippen molar-refractivity contribution < 1.29 is 9.59 Å². The molecule has 3 rings (SSSR count). The minimum absolute atomic E-state index is 0.0268. The van der Waals surface area contributed by atoms with Crippen molar-refractivity contribution in [1.82, 2.24) is 19.8 Å². The first-order chi connectivity index (χ1) is 11.4. The van der Waals surface area contributed by atoms with E-state index in [9.17, 15) is 9.59 Å². The van der Waals surface area contributed by atoms with Crippen LogP contribution in [0.2, 0.25) is 0 Å². The van der Waals surface area contributed by atoms with E-state index in [1.165, 1.54) is 0 Å². The lowest BCUT2D eigenvalue weighted by atomic mass is 10.0. The van der Waals surface area contributed by atoms with Crippen LogP contribution in [0.15, 0.2) is 24.3 Å². The van der Waals surface area contributed by atoms with Gasteiger partial charge in [-0.1, -0.05) is 26.0 Å². The van der Waals surface area contributed by atoms with E-state index < -0.39 is 0 Å². The van der Waals surface area contributed by atoms with Gasteiger partial charge in [-0.15, -0.1) is 0 Å². The molecule has 6 heteroatoms. The highest BCUT2D eigenvalue weighted by Gasteiger charge is 2.34. The van der Waals surface area contributed by atoms with Gasteiger partial charge in [0.25, 0.3) is 0 Å². The summed E-state index contributed by atoms with van der Waals surface area (Å²) in [5.74, 6) is 0.715. The molecule has 0 saturated carbocycles. The molecular weight excluding hydrogens is 304 g/mol.